The Labute approximate surface area is 197 Å². The van der Waals surface area contributed by atoms with Crippen LogP contribution in [0.4, 0.5) is 18.9 Å². The molecule has 0 aliphatic carbocycles. The Morgan fingerprint density at radius 2 is 1.71 bits per heavy atom. The Hall–Kier alpha value is -3.40. The summed E-state index contributed by atoms with van der Waals surface area (Å²) in [5, 5.41) is 3.32. The number of hydrogen-bond donors (Lipinski definition) is 2. The van der Waals surface area contributed by atoms with Crippen LogP contribution in [0.5, 0.6) is 5.75 Å². The SMILES string of the molecule is COc1cccc(C2(N)C=C(N(C)C)NC(N3CCN(c4ccccc4C(F)(F)F)CC3)=N2)c1. The van der Waals surface area contributed by atoms with Gasteiger partial charge >= 0.3 is 6.18 Å². The number of hydrogen-bond acceptors (Lipinski definition) is 7. The van der Waals surface area contributed by atoms with Crippen LogP contribution in [0.2, 0.25) is 0 Å². The number of nitrogens with two attached hydrogens (primary N) is 1. The number of ether oxygens (including phenoxy) is 1. The van der Waals surface area contributed by atoms with Crippen LogP contribution in [0.15, 0.2) is 65.4 Å². The molecule has 10 heteroatoms. The molecule has 0 bridgehead atoms. The van der Waals surface area contributed by atoms with Crippen LogP contribution in [-0.2, 0) is 11.8 Å². The normalized spacial score (nSPS) is 20.9. The van der Waals surface area contributed by atoms with Gasteiger partial charge in [0, 0.05) is 57.6 Å². The molecule has 3 N–H and O–H groups in total. The van der Waals surface area contributed by atoms with E-state index in [1.165, 1.54) is 12.1 Å². The zero-order valence-electron chi connectivity index (χ0n) is 19.4. The Kier molecular flexibility index (Phi) is 6.35. The minimum absolute atomic E-state index is 0.201. The fraction of sp³-hybridized carbons (Fsp3) is 0.375. The van der Waals surface area contributed by atoms with Crippen LogP contribution < -0.4 is 20.7 Å². The number of rotatable bonds is 4. The number of methoxy groups -OCH3 is 1. The Balaban J connectivity index is 1.58. The molecule has 182 valence electrons. The molecule has 2 aromatic carbocycles. The van der Waals surface area contributed by atoms with Crippen molar-refractivity contribution in [1.82, 2.24) is 15.1 Å². The van der Waals surface area contributed by atoms with E-state index < -0.39 is 17.4 Å². The van der Waals surface area contributed by atoms with Gasteiger partial charge in [-0.1, -0.05) is 24.3 Å². The number of nitrogens with one attached hydrogen (secondary N) is 1. The summed E-state index contributed by atoms with van der Waals surface area (Å²) in [6.07, 6.45) is -2.55. The van der Waals surface area contributed by atoms with Crippen molar-refractivity contribution < 1.29 is 17.9 Å². The lowest BCUT2D eigenvalue weighted by Gasteiger charge is -2.41. The molecule has 7 nitrogen and oxygen atoms in total. The van der Waals surface area contributed by atoms with Gasteiger partial charge in [0.2, 0.25) is 5.96 Å². The van der Waals surface area contributed by atoms with E-state index in [0.717, 1.165) is 17.5 Å². The number of anilines is 1. The number of halogens is 3. The molecule has 0 saturated carbocycles. The van der Waals surface area contributed by atoms with Crippen molar-refractivity contribution in [3.05, 3.63) is 71.6 Å². The molecule has 4 rings (SSSR count). The molecule has 2 aliphatic rings. The molecule has 0 aromatic heterocycles. The van der Waals surface area contributed by atoms with Crippen molar-refractivity contribution >= 4 is 11.6 Å². The predicted octanol–water partition coefficient (Wildman–Crippen LogP) is 3.01. The zero-order valence-corrected chi connectivity index (χ0v) is 19.4. The highest BCUT2D eigenvalue weighted by atomic mass is 19.4. The summed E-state index contributed by atoms with van der Waals surface area (Å²) in [6.45, 7) is 1.83. The molecule has 34 heavy (non-hydrogen) atoms. The molecular formula is C24H29F3N6O. The monoisotopic (exact) mass is 474 g/mol. The van der Waals surface area contributed by atoms with Crippen LogP contribution >= 0.6 is 0 Å². The Morgan fingerprint density at radius 1 is 1.03 bits per heavy atom. The lowest BCUT2D eigenvalue weighted by Crippen LogP contribution is -2.56. The van der Waals surface area contributed by atoms with E-state index in [1.807, 2.05) is 54.2 Å². The summed E-state index contributed by atoms with van der Waals surface area (Å²) >= 11 is 0. The number of para-hydroxylation sites is 1. The van der Waals surface area contributed by atoms with Gasteiger partial charge in [-0.3, -0.25) is 5.73 Å². The van der Waals surface area contributed by atoms with Crippen molar-refractivity contribution in [2.24, 2.45) is 10.7 Å². The maximum atomic E-state index is 13.5. The zero-order chi connectivity index (χ0) is 24.5. The molecule has 0 radical (unpaired) electrons. The summed E-state index contributed by atoms with van der Waals surface area (Å²) in [5.41, 5.74) is 5.99. The molecule has 0 spiro atoms. The van der Waals surface area contributed by atoms with Gasteiger partial charge < -0.3 is 24.8 Å². The second kappa shape index (κ2) is 9.09. The van der Waals surface area contributed by atoms with Gasteiger partial charge in [0.25, 0.3) is 0 Å². The first-order chi connectivity index (χ1) is 16.1. The van der Waals surface area contributed by atoms with Gasteiger partial charge in [0.1, 0.15) is 11.6 Å². The highest BCUT2D eigenvalue weighted by Gasteiger charge is 2.36. The Morgan fingerprint density at radius 3 is 2.35 bits per heavy atom. The number of aliphatic imine (C=N–C) groups is 1. The third kappa shape index (κ3) is 4.77. The summed E-state index contributed by atoms with van der Waals surface area (Å²) in [5.74, 6) is 2.04. The van der Waals surface area contributed by atoms with Crippen LogP contribution in [0.1, 0.15) is 11.1 Å². The van der Waals surface area contributed by atoms with Crippen molar-refractivity contribution in [2.45, 2.75) is 11.8 Å². The maximum Gasteiger partial charge on any atom is 0.418 e. The van der Waals surface area contributed by atoms with E-state index in [-0.39, 0.29) is 5.69 Å². The molecule has 1 atom stereocenters. The molecular weight excluding hydrogens is 445 g/mol. The molecule has 1 saturated heterocycles. The number of alkyl halides is 3. The van der Waals surface area contributed by atoms with E-state index in [9.17, 15) is 13.2 Å². The minimum Gasteiger partial charge on any atom is -0.497 e. The smallest absolute Gasteiger partial charge is 0.418 e. The highest BCUT2D eigenvalue weighted by Crippen LogP contribution is 2.37. The van der Waals surface area contributed by atoms with Gasteiger partial charge in [-0.2, -0.15) is 13.2 Å². The number of guanidine groups is 1. The third-order valence-corrected chi connectivity index (χ3v) is 6.03. The average Bonchev–Trinajstić information content (AvgIpc) is 2.83. The third-order valence-electron chi connectivity index (χ3n) is 6.03. The van der Waals surface area contributed by atoms with Gasteiger partial charge in [-0.15, -0.1) is 0 Å². The van der Waals surface area contributed by atoms with E-state index in [0.29, 0.717) is 37.9 Å². The number of piperazine rings is 1. The lowest BCUT2D eigenvalue weighted by molar-refractivity contribution is -0.137. The second-order valence-corrected chi connectivity index (χ2v) is 8.53. The van der Waals surface area contributed by atoms with E-state index >= 15 is 0 Å². The van der Waals surface area contributed by atoms with Crippen molar-refractivity contribution in [2.75, 3.05) is 52.3 Å². The second-order valence-electron chi connectivity index (χ2n) is 8.53. The van der Waals surface area contributed by atoms with Crippen LogP contribution in [0.25, 0.3) is 0 Å². The topological polar surface area (TPSA) is 69.4 Å². The first kappa shape index (κ1) is 23.7. The lowest BCUT2D eigenvalue weighted by atomic mass is 9.99. The molecule has 2 aromatic rings. The standard InChI is InChI=1S/C24H29F3N6O/c1-31(2)21-16-23(28,17-7-6-8-18(15-17)34-3)30-22(29-21)33-13-11-32(12-14-33)20-10-5-4-9-19(20)24(25,26)27/h4-10,15-16H,11-14,28H2,1-3H3,(H,29,30). The molecule has 2 aliphatic heterocycles. The van der Waals surface area contributed by atoms with Gasteiger partial charge in [0.15, 0.2) is 5.66 Å². The molecule has 1 unspecified atom stereocenters. The van der Waals surface area contributed by atoms with Crippen molar-refractivity contribution in [3.63, 3.8) is 0 Å². The van der Waals surface area contributed by atoms with Gasteiger partial charge in [-0.05, 0) is 24.3 Å². The minimum atomic E-state index is -4.40. The fourth-order valence-electron chi connectivity index (χ4n) is 4.15. The van der Waals surface area contributed by atoms with Crippen LogP contribution in [-0.4, -0.2) is 63.1 Å². The van der Waals surface area contributed by atoms with Crippen molar-refractivity contribution in [3.8, 4) is 5.75 Å². The molecule has 1 fully saturated rings. The van der Waals surface area contributed by atoms with E-state index in [2.05, 4.69) is 5.32 Å². The van der Waals surface area contributed by atoms with Gasteiger partial charge in [-0.25, -0.2) is 4.99 Å². The summed E-state index contributed by atoms with van der Waals surface area (Å²) < 4.78 is 45.8. The summed E-state index contributed by atoms with van der Waals surface area (Å²) in [6, 6.07) is 13.1. The molecule has 2 heterocycles. The fourth-order valence-corrected chi connectivity index (χ4v) is 4.15. The molecule has 0 amide bonds. The highest BCUT2D eigenvalue weighted by molar-refractivity contribution is 5.84. The first-order valence-electron chi connectivity index (χ1n) is 11.0. The predicted molar refractivity (Wildman–Crippen MR) is 126 cm³/mol. The average molecular weight is 475 g/mol. The summed E-state index contributed by atoms with van der Waals surface area (Å²) in [4.78, 5) is 10.5. The maximum absolute atomic E-state index is 13.5. The summed E-state index contributed by atoms with van der Waals surface area (Å²) in [7, 11) is 5.40. The Bertz CT molecular complexity index is 1090. The number of benzene rings is 2. The largest absolute Gasteiger partial charge is 0.497 e. The van der Waals surface area contributed by atoms with Crippen LogP contribution in [0, 0.1) is 0 Å². The van der Waals surface area contributed by atoms with Gasteiger partial charge in [0.05, 0.1) is 12.7 Å². The van der Waals surface area contributed by atoms with Crippen LogP contribution in [0.3, 0.4) is 0 Å². The first-order valence-corrected chi connectivity index (χ1v) is 11.0. The van der Waals surface area contributed by atoms with Crippen molar-refractivity contribution in [1.29, 1.82) is 0 Å². The van der Waals surface area contributed by atoms with E-state index in [4.69, 9.17) is 15.5 Å². The van der Waals surface area contributed by atoms with E-state index in [1.54, 1.807) is 18.1 Å². The quantitative estimate of drug-likeness (QED) is 0.710. The number of nitrogens with zero attached hydrogens (tertiary/aromatic N) is 4.